The smallest absolute Gasteiger partial charge is 0.335 e. The first-order chi connectivity index (χ1) is 12.3. The summed E-state index contributed by atoms with van der Waals surface area (Å²) in [5, 5.41) is 11.7. The molecule has 1 heterocycles. The van der Waals surface area contributed by atoms with E-state index in [1.165, 1.54) is 28.6 Å². The third-order valence-electron chi connectivity index (χ3n) is 4.53. The number of carboxylic acid groups (broad SMARTS) is 1. The molecule has 1 aliphatic heterocycles. The quantitative estimate of drug-likeness (QED) is 0.723. The van der Waals surface area contributed by atoms with E-state index in [2.05, 4.69) is 5.32 Å². The molecular weight excluding hydrogens is 360 g/mol. The van der Waals surface area contributed by atoms with Crippen LogP contribution < -0.4 is 5.32 Å². The molecule has 0 spiro atoms. The standard InChI is InChI=1S/C17H24N2O6S/c1-12(25-2)11-18-16(20)13-7-9-19(10-8-13)26(23,24)15-5-3-14(4-6-15)17(21)22/h3-6,12-13H,7-11H2,1-2H3,(H,18,20)(H,21,22). The summed E-state index contributed by atoms with van der Waals surface area (Å²) in [5.41, 5.74) is 0.0321. The number of nitrogens with zero attached hydrogens (tertiary/aromatic N) is 1. The number of nitrogens with one attached hydrogen (secondary N) is 1. The van der Waals surface area contributed by atoms with Gasteiger partial charge in [-0.05, 0) is 44.0 Å². The number of carbonyl (C=O) groups is 2. The number of hydrogen-bond acceptors (Lipinski definition) is 5. The summed E-state index contributed by atoms with van der Waals surface area (Å²) in [6.07, 6.45) is 0.812. The van der Waals surface area contributed by atoms with E-state index in [0.29, 0.717) is 19.4 Å². The Labute approximate surface area is 153 Å². The lowest BCUT2D eigenvalue weighted by Crippen LogP contribution is -2.44. The number of ether oxygens (including phenoxy) is 1. The highest BCUT2D eigenvalue weighted by molar-refractivity contribution is 7.89. The number of benzene rings is 1. The van der Waals surface area contributed by atoms with Crippen LogP contribution in [-0.2, 0) is 19.6 Å². The fraction of sp³-hybridized carbons (Fsp3) is 0.529. The second kappa shape index (κ2) is 8.61. The Morgan fingerprint density at radius 3 is 2.35 bits per heavy atom. The Morgan fingerprint density at radius 2 is 1.85 bits per heavy atom. The molecule has 1 aliphatic rings. The van der Waals surface area contributed by atoms with Gasteiger partial charge in [-0.3, -0.25) is 4.79 Å². The van der Waals surface area contributed by atoms with Crippen LogP contribution in [0.4, 0.5) is 0 Å². The second-order valence-electron chi connectivity index (χ2n) is 6.30. The van der Waals surface area contributed by atoms with Gasteiger partial charge in [-0.15, -0.1) is 0 Å². The van der Waals surface area contributed by atoms with E-state index >= 15 is 0 Å². The number of sulfonamides is 1. The van der Waals surface area contributed by atoms with Gasteiger partial charge in [-0.2, -0.15) is 4.31 Å². The molecule has 1 atom stereocenters. The van der Waals surface area contributed by atoms with Crippen LogP contribution in [0.2, 0.25) is 0 Å². The summed E-state index contributed by atoms with van der Waals surface area (Å²) < 4.78 is 31.7. The van der Waals surface area contributed by atoms with E-state index < -0.39 is 16.0 Å². The number of methoxy groups -OCH3 is 1. The molecule has 0 radical (unpaired) electrons. The van der Waals surface area contributed by atoms with Crippen LogP contribution in [0.3, 0.4) is 0 Å². The lowest BCUT2D eigenvalue weighted by molar-refractivity contribution is -0.126. The molecule has 1 aromatic rings. The normalized spacial score (nSPS) is 17.6. The summed E-state index contributed by atoms with van der Waals surface area (Å²) in [7, 11) is -2.12. The summed E-state index contributed by atoms with van der Waals surface area (Å²) in [4.78, 5) is 23.1. The number of carboxylic acids is 1. The van der Waals surface area contributed by atoms with E-state index in [1.807, 2.05) is 6.92 Å². The second-order valence-corrected chi connectivity index (χ2v) is 8.24. The molecule has 1 unspecified atom stereocenters. The molecule has 0 saturated carbocycles. The fourth-order valence-electron chi connectivity index (χ4n) is 2.75. The maximum Gasteiger partial charge on any atom is 0.335 e. The SMILES string of the molecule is COC(C)CNC(=O)C1CCN(S(=O)(=O)c2ccc(C(=O)O)cc2)CC1. The average Bonchev–Trinajstić information content (AvgIpc) is 2.65. The predicted octanol–water partition coefficient (Wildman–Crippen LogP) is 0.937. The molecule has 1 saturated heterocycles. The van der Waals surface area contributed by atoms with Gasteiger partial charge in [0.2, 0.25) is 15.9 Å². The molecule has 1 fully saturated rings. The van der Waals surface area contributed by atoms with Crippen molar-refractivity contribution < 1.29 is 27.9 Å². The average molecular weight is 384 g/mol. The Hall–Kier alpha value is -1.97. The summed E-state index contributed by atoms with van der Waals surface area (Å²) in [5.74, 6) is -1.42. The highest BCUT2D eigenvalue weighted by Gasteiger charge is 2.32. The van der Waals surface area contributed by atoms with E-state index in [-0.39, 0.29) is 41.5 Å². The molecule has 26 heavy (non-hydrogen) atoms. The third-order valence-corrected chi connectivity index (χ3v) is 6.44. The van der Waals surface area contributed by atoms with Gasteiger partial charge in [-0.1, -0.05) is 0 Å². The van der Waals surface area contributed by atoms with E-state index in [4.69, 9.17) is 9.84 Å². The first-order valence-electron chi connectivity index (χ1n) is 8.39. The molecule has 0 aromatic heterocycles. The van der Waals surface area contributed by atoms with Gasteiger partial charge in [0, 0.05) is 32.7 Å². The van der Waals surface area contributed by atoms with Gasteiger partial charge in [0.15, 0.2) is 0 Å². The van der Waals surface area contributed by atoms with Crippen LogP contribution in [0, 0.1) is 5.92 Å². The maximum absolute atomic E-state index is 12.7. The van der Waals surface area contributed by atoms with Gasteiger partial charge in [-0.25, -0.2) is 13.2 Å². The van der Waals surface area contributed by atoms with Crippen LogP contribution >= 0.6 is 0 Å². The lowest BCUT2D eigenvalue weighted by atomic mass is 9.97. The minimum atomic E-state index is -3.69. The van der Waals surface area contributed by atoms with Crippen LogP contribution in [0.5, 0.6) is 0 Å². The Balaban J connectivity index is 1.95. The number of aromatic carboxylic acids is 1. The van der Waals surface area contributed by atoms with Gasteiger partial charge in [0.25, 0.3) is 0 Å². The van der Waals surface area contributed by atoms with E-state index in [9.17, 15) is 18.0 Å². The zero-order valence-electron chi connectivity index (χ0n) is 14.8. The summed E-state index contributed by atoms with van der Waals surface area (Å²) in [6, 6.07) is 5.13. The summed E-state index contributed by atoms with van der Waals surface area (Å²) >= 11 is 0. The van der Waals surface area contributed by atoms with Gasteiger partial charge in [0.05, 0.1) is 16.6 Å². The van der Waals surface area contributed by atoms with Crippen molar-refractivity contribution >= 4 is 21.9 Å². The van der Waals surface area contributed by atoms with Crippen molar-refractivity contribution in [3.8, 4) is 0 Å². The maximum atomic E-state index is 12.7. The largest absolute Gasteiger partial charge is 0.478 e. The van der Waals surface area contributed by atoms with Gasteiger partial charge < -0.3 is 15.2 Å². The predicted molar refractivity (Wildman–Crippen MR) is 94.4 cm³/mol. The Morgan fingerprint density at radius 1 is 1.27 bits per heavy atom. The number of amides is 1. The van der Waals surface area contributed by atoms with Crippen molar-refractivity contribution in [2.45, 2.75) is 30.8 Å². The molecule has 1 amide bonds. The molecule has 144 valence electrons. The van der Waals surface area contributed by atoms with Crippen molar-refractivity contribution in [3.63, 3.8) is 0 Å². The molecular formula is C17H24N2O6S. The molecule has 1 aromatic carbocycles. The van der Waals surface area contributed by atoms with Crippen molar-refractivity contribution in [2.75, 3.05) is 26.7 Å². The van der Waals surface area contributed by atoms with Crippen molar-refractivity contribution in [2.24, 2.45) is 5.92 Å². The molecule has 2 rings (SSSR count). The fourth-order valence-corrected chi connectivity index (χ4v) is 4.22. The minimum Gasteiger partial charge on any atom is -0.478 e. The van der Waals surface area contributed by atoms with E-state index in [1.54, 1.807) is 7.11 Å². The molecule has 0 bridgehead atoms. The van der Waals surface area contributed by atoms with Crippen LogP contribution in [0.25, 0.3) is 0 Å². The molecule has 9 heteroatoms. The number of carbonyl (C=O) groups excluding carboxylic acids is 1. The van der Waals surface area contributed by atoms with Gasteiger partial charge >= 0.3 is 5.97 Å². The Kier molecular flexibility index (Phi) is 6.74. The monoisotopic (exact) mass is 384 g/mol. The highest BCUT2D eigenvalue weighted by atomic mass is 32.2. The molecule has 2 N–H and O–H groups in total. The Bertz CT molecular complexity index is 739. The number of hydrogen-bond donors (Lipinski definition) is 2. The minimum absolute atomic E-state index is 0.0321. The molecule has 8 nitrogen and oxygen atoms in total. The van der Waals surface area contributed by atoms with Crippen LogP contribution in [-0.4, -0.2) is 62.6 Å². The molecule has 0 aliphatic carbocycles. The lowest BCUT2D eigenvalue weighted by Gasteiger charge is -2.30. The zero-order valence-corrected chi connectivity index (χ0v) is 15.7. The van der Waals surface area contributed by atoms with E-state index in [0.717, 1.165) is 0 Å². The first-order valence-corrected chi connectivity index (χ1v) is 9.83. The zero-order chi connectivity index (χ0) is 19.3. The van der Waals surface area contributed by atoms with Crippen molar-refractivity contribution in [3.05, 3.63) is 29.8 Å². The van der Waals surface area contributed by atoms with Crippen molar-refractivity contribution in [1.29, 1.82) is 0 Å². The topological polar surface area (TPSA) is 113 Å². The van der Waals surface area contributed by atoms with Crippen LogP contribution in [0.15, 0.2) is 29.2 Å². The van der Waals surface area contributed by atoms with Gasteiger partial charge in [0.1, 0.15) is 0 Å². The van der Waals surface area contributed by atoms with Crippen LogP contribution in [0.1, 0.15) is 30.1 Å². The third kappa shape index (κ3) is 4.80. The first kappa shape index (κ1) is 20.3. The summed E-state index contributed by atoms with van der Waals surface area (Å²) in [6.45, 7) is 2.77. The number of rotatable bonds is 7. The highest BCUT2D eigenvalue weighted by Crippen LogP contribution is 2.24. The van der Waals surface area contributed by atoms with Crippen molar-refractivity contribution in [1.82, 2.24) is 9.62 Å². The number of piperidine rings is 1.